The van der Waals surface area contributed by atoms with Gasteiger partial charge in [0.1, 0.15) is 5.76 Å². The van der Waals surface area contributed by atoms with Gasteiger partial charge in [-0.2, -0.15) is 0 Å². The van der Waals surface area contributed by atoms with Crippen molar-refractivity contribution >= 4 is 34.1 Å². The van der Waals surface area contributed by atoms with Crippen molar-refractivity contribution in [3.05, 3.63) is 53.6 Å². The molecule has 0 aromatic carbocycles. The van der Waals surface area contributed by atoms with E-state index in [-0.39, 0.29) is 18.3 Å². The Balaban J connectivity index is 2.73. The monoisotopic (exact) mass is 479 g/mol. The van der Waals surface area contributed by atoms with Crippen molar-refractivity contribution < 1.29 is 9.47 Å². The predicted octanol–water partition coefficient (Wildman–Crippen LogP) is 7.26. The van der Waals surface area contributed by atoms with Crippen molar-refractivity contribution in [2.24, 2.45) is 0 Å². The van der Waals surface area contributed by atoms with Gasteiger partial charge in [0.15, 0.2) is 5.90 Å². The van der Waals surface area contributed by atoms with Crippen molar-refractivity contribution in [3.8, 4) is 0 Å². The highest BCUT2D eigenvalue weighted by atomic mass is 16.5. The number of fused-ring (bicyclic) bond motifs is 1. The molecule has 0 aliphatic heterocycles. The van der Waals surface area contributed by atoms with Gasteiger partial charge in [0.2, 0.25) is 5.90 Å². The van der Waals surface area contributed by atoms with Crippen LogP contribution in [0.1, 0.15) is 78.7 Å². The molecule has 0 aliphatic carbocycles. The Morgan fingerprint density at radius 3 is 2.49 bits per heavy atom. The number of anilines is 1. The lowest BCUT2D eigenvalue weighted by molar-refractivity contribution is 0.233. The smallest absolute Gasteiger partial charge is 0.208 e. The Kier molecular flexibility index (Phi) is 10.8. The first-order chi connectivity index (χ1) is 16.8. The maximum Gasteiger partial charge on any atom is 0.208 e. The summed E-state index contributed by atoms with van der Waals surface area (Å²) in [4.78, 5) is 5.07. The van der Waals surface area contributed by atoms with E-state index in [1.54, 1.807) is 0 Å². The summed E-state index contributed by atoms with van der Waals surface area (Å²) in [5.41, 5.74) is 5.72. The van der Waals surface area contributed by atoms with Gasteiger partial charge in [0, 0.05) is 24.2 Å². The number of nitrogens with zero attached hydrogens (tertiary/aromatic N) is 2. The average molecular weight is 480 g/mol. The van der Waals surface area contributed by atoms with Gasteiger partial charge in [-0.15, -0.1) is 0 Å². The highest BCUT2D eigenvalue weighted by Crippen LogP contribution is 2.34. The third kappa shape index (κ3) is 7.31. The molecule has 2 aromatic rings. The minimum atomic E-state index is -0.00719. The highest BCUT2D eigenvalue weighted by Gasteiger charge is 2.19. The van der Waals surface area contributed by atoms with E-state index in [2.05, 4.69) is 49.7 Å². The number of ether oxygens (including phenoxy) is 2. The van der Waals surface area contributed by atoms with Gasteiger partial charge < -0.3 is 19.4 Å². The van der Waals surface area contributed by atoms with Crippen molar-refractivity contribution in [3.63, 3.8) is 0 Å². The van der Waals surface area contributed by atoms with Crippen molar-refractivity contribution in [1.29, 1.82) is 10.8 Å². The van der Waals surface area contributed by atoms with E-state index >= 15 is 0 Å². The molecule has 35 heavy (non-hydrogen) atoms. The maximum atomic E-state index is 8.09. The number of aryl methyl sites for hydroxylation is 1. The first kappa shape index (κ1) is 27.9. The molecular formula is C28H41N5O2. The van der Waals surface area contributed by atoms with Crippen LogP contribution in [0.5, 0.6) is 0 Å². The van der Waals surface area contributed by atoms with Gasteiger partial charge in [-0.25, -0.2) is 4.98 Å². The van der Waals surface area contributed by atoms with E-state index < -0.39 is 0 Å². The minimum Gasteiger partial charge on any atom is -0.498 e. The molecule has 7 nitrogen and oxygen atoms in total. The second-order valence-corrected chi connectivity index (χ2v) is 8.44. The zero-order valence-electron chi connectivity index (χ0n) is 22.3. The fourth-order valence-electron chi connectivity index (χ4n) is 3.95. The van der Waals surface area contributed by atoms with Crippen molar-refractivity contribution in [2.75, 3.05) is 18.5 Å². The van der Waals surface area contributed by atoms with E-state index in [0.29, 0.717) is 12.6 Å². The molecule has 1 unspecified atom stereocenters. The number of nitrogens with one attached hydrogen (secondary N) is 3. The molecule has 2 rings (SSSR count). The third-order valence-corrected chi connectivity index (χ3v) is 5.74. The molecule has 2 aromatic heterocycles. The van der Waals surface area contributed by atoms with Crippen molar-refractivity contribution in [2.45, 2.75) is 73.8 Å². The molecule has 1 atom stereocenters. The summed E-state index contributed by atoms with van der Waals surface area (Å²) in [7, 11) is 0. The maximum absolute atomic E-state index is 8.09. The van der Waals surface area contributed by atoms with Crippen LogP contribution in [-0.2, 0) is 15.9 Å². The lowest BCUT2D eigenvalue weighted by Gasteiger charge is -2.20. The van der Waals surface area contributed by atoms with Crippen LogP contribution in [0.2, 0.25) is 0 Å². The summed E-state index contributed by atoms with van der Waals surface area (Å²) in [6, 6.07) is 4.49. The number of hydrogen-bond donors (Lipinski definition) is 3. The molecule has 0 amide bonds. The SMILES string of the molecule is CC/C=C/C=C\C(=C(/C)OCC)c1cc(NCC(=N)OC(C)=N)c2c(cc(CC)n2C(C)CC)n1. The molecule has 0 saturated heterocycles. The molecule has 0 aliphatic rings. The van der Waals surface area contributed by atoms with Crippen LogP contribution >= 0.6 is 0 Å². The van der Waals surface area contributed by atoms with Gasteiger partial charge in [0.25, 0.3) is 0 Å². The second-order valence-electron chi connectivity index (χ2n) is 8.44. The number of allylic oxidation sites excluding steroid dienone is 6. The molecule has 0 saturated carbocycles. The van der Waals surface area contributed by atoms with Gasteiger partial charge in [-0.1, -0.05) is 39.0 Å². The molecule has 7 heteroatoms. The zero-order chi connectivity index (χ0) is 26.0. The molecule has 190 valence electrons. The van der Waals surface area contributed by atoms with Crippen LogP contribution in [0.4, 0.5) is 5.69 Å². The fraction of sp³-hybridized carbons (Fsp3) is 0.464. The number of aromatic nitrogens is 2. The molecule has 0 fully saturated rings. The standard InChI is InChI=1S/C28H41N5O2/c1-8-12-13-14-15-23(20(6)34-11-4)24-17-25(31-18-27(30)35-21(7)29)28-26(32-24)16-22(10-3)33(28)19(5)9-2/h12-17,19,29-30H,8-11,18H2,1-7H3,(H,31,32)/b13-12+,15-14-,23-20-,29-21?,30-27?. The van der Waals surface area contributed by atoms with Gasteiger partial charge in [-0.3, -0.25) is 10.8 Å². The lowest BCUT2D eigenvalue weighted by Crippen LogP contribution is -2.19. The predicted molar refractivity (Wildman–Crippen MR) is 148 cm³/mol. The summed E-state index contributed by atoms with van der Waals surface area (Å²) in [5.74, 6) is 0.794. The Labute approximate surface area is 209 Å². The Morgan fingerprint density at radius 1 is 1.14 bits per heavy atom. The summed E-state index contributed by atoms with van der Waals surface area (Å²) >= 11 is 0. The summed E-state index contributed by atoms with van der Waals surface area (Å²) in [6.45, 7) is 14.9. The summed E-state index contributed by atoms with van der Waals surface area (Å²) in [6.07, 6.45) is 11.0. The quantitative estimate of drug-likeness (QED) is 0.129. The lowest BCUT2D eigenvalue weighted by atomic mass is 10.1. The molecule has 2 heterocycles. The average Bonchev–Trinajstić information content (AvgIpc) is 3.20. The topological polar surface area (TPSA) is 96.0 Å². The first-order valence-electron chi connectivity index (χ1n) is 12.5. The van der Waals surface area contributed by atoms with E-state index in [1.165, 1.54) is 12.6 Å². The largest absolute Gasteiger partial charge is 0.498 e. The molecular weight excluding hydrogens is 438 g/mol. The number of rotatable bonds is 12. The summed E-state index contributed by atoms with van der Waals surface area (Å²) in [5, 5.41) is 19.0. The second kappa shape index (κ2) is 13.5. The Hall–Kier alpha value is -3.35. The Bertz CT molecular complexity index is 1120. The van der Waals surface area contributed by atoms with Gasteiger partial charge >= 0.3 is 0 Å². The van der Waals surface area contributed by atoms with Gasteiger partial charge in [0.05, 0.1) is 35.6 Å². The van der Waals surface area contributed by atoms with Crippen LogP contribution in [0.25, 0.3) is 16.6 Å². The molecule has 0 radical (unpaired) electrons. The minimum absolute atomic E-state index is 0.00329. The van der Waals surface area contributed by atoms with Crippen LogP contribution < -0.4 is 5.32 Å². The van der Waals surface area contributed by atoms with Crippen molar-refractivity contribution in [1.82, 2.24) is 9.55 Å². The third-order valence-electron chi connectivity index (χ3n) is 5.74. The number of pyridine rings is 1. The molecule has 0 bridgehead atoms. The van der Waals surface area contributed by atoms with Crippen LogP contribution in [0.3, 0.4) is 0 Å². The zero-order valence-corrected chi connectivity index (χ0v) is 22.3. The van der Waals surface area contributed by atoms with Crippen LogP contribution in [-0.4, -0.2) is 34.5 Å². The normalized spacial score (nSPS) is 13.3. The fourth-order valence-corrected chi connectivity index (χ4v) is 3.95. The van der Waals surface area contributed by atoms with E-state index in [9.17, 15) is 0 Å². The van der Waals surface area contributed by atoms with E-state index in [1.807, 2.05) is 38.1 Å². The highest BCUT2D eigenvalue weighted by molar-refractivity contribution is 5.95. The molecule has 3 N–H and O–H groups in total. The van der Waals surface area contributed by atoms with Gasteiger partial charge in [-0.05, 0) is 58.2 Å². The Morgan fingerprint density at radius 2 is 1.89 bits per heavy atom. The number of hydrogen-bond acceptors (Lipinski definition) is 6. The van der Waals surface area contributed by atoms with E-state index in [4.69, 9.17) is 25.3 Å². The summed E-state index contributed by atoms with van der Waals surface area (Å²) < 4.78 is 13.4. The van der Waals surface area contributed by atoms with Crippen LogP contribution in [0.15, 0.2) is 42.2 Å². The first-order valence-corrected chi connectivity index (χ1v) is 12.5. The van der Waals surface area contributed by atoms with E-state index in [0.717, 1.165) is 53.0 Å². The van der Waals surface area contributed by atoms with Crippen LogP contribution in [0, 0.1) is 10.8 Å². The molecule has 0 spiro atoms.